The second-order valence-corrected chi connectivity index (χ2v) is 10.7. The summed E-state index contributed by atoms with van der Waals surface area (Å²) in [6, 6.07) is 20.8. The number of aryl methyl sites for hydroxylation is 1. The third-order valence-electron chi connectivity index (χ3n) is 5.89. The van der Waals surface area contributed by atoms with Crippen LogP contribution < -0.4 is 14.5 Å². The summed E-state index contributed by atoms with van der Waals surface area (Å²) >= 11 is 6.33. The number of amides is 1. The first-order valence-corrected chi connectivity index (χ1v) is 13.2. The van der Waals surface area contributed by atoms with Crippen LogP contribution in [0, 0.1) is 6.92 Å². The lowest BCUT2D eigenvalue weighted by Gasteiger charge is -2.29. The molecule has 0 spiro atoms. The average Bonchev–Trinajstić information content (AvgIpc) is 2.84. The van der Waals surface area contributed by atoms with E-state index < -0.39 is 22.5 Å². The van der Waals surface area contributed by atoms with Crippen LogP contribution in [-0.2, 0) is 14.8 Å². The Hall–Kier alpha value is -3.03. The molecule has 178 valence electrons. The molecule has 3 aromatic carbocycles. The summed E-state index contributed by atoms with van der Waals surface area (Å²) in [6.07, 6.45) is 3.63. The minimum atomic E-state index is -4.02. The third-order valence-corrected chi connectivity index (χ3v) is 7.98. The van der Waals surface area contributed by atoms with Crippen LogP contribution >= 0.6 is 11.6 Å². The lowest BCUT2D eigenvalue weighted by atomic mass is 10.1. The number of carbonyl (C=O) groups is 1. The Bertz CT molecular complexity index is 1240. The first-order chi connectivity index (χ1) is 16.3. The topological polar surface area (TPSA) is 69.7 Å². The van der Waals surface area contributed by atoms with Crippen LogP contribution in [-0.4, -0.2) is 34.0 Å². The van der Waals surface area contributed by atoms with E-state index >= 15 is 0 Å². The molecule has 1 amide bonds. The highest BCUT2D eigenvalue weighted by molar-refractivity contribution is 7.92. The largest absolute Gasteiger partial charge is 0.372 e. The minimum absolute atomic E-state index is 0.0942. The minimum Gasteiger partial charge on any atom is -0.372 e. The molecule has 8 heteroatoms. The summed E-state index contributed by atoms with van der Waals surface area (Å²) in [6.45, 7) is 3.55. The van der Waals surface area contributed by atoms with E-state index in [1.807, 2.05) is 31.2 Å². The molecule has 1 heterocycles. The van der Waals surface area contributed by atoms with Crippen LogP contribution in [0.15, 0.2) is 77.7 Å². The van der Waals surface area contributed by atoms with E-state index in [9.17, 15) is 13.2 Å². The molecular weight excluding hydrogens is 470 g/mol. The summed E-state index contributed by atoms with van der Waals surface area (Å²) in [7, 11) is -4.02. The zero-order valence-corrected chi connectivity index (χ0v) is 20.6. The lowest BCUT2D eigenvalue weighted by Crippen LogP contribution is -2.38. The van der Waals surface area contributed by atoms with Gasteiger partial charge in [0, 0.05) is 24.5 Å². The van der Waals surface area contributed by atoms with Crippen LogP contribution in [0.25, 0.3) is 0 Å². The fourth-order valence-corrected chi connectivity index (χ4v) is 5.76. The van der Waals surface area contributed by atoms with E-state index in [1.165, 1.54) is 31.4 Å². The highest BCUT2D eigenvalue weighted by Gasteiger charge is 2.28. The van der Waals surface area contributed by atoms with E-state index in [0.29, 0.717) is 5.69 Å². The Balaban J connectivity index is 1.55. The summed E-state index contributed by atoms with van der Waals surface area (Å²) < 4.78 is 28.0. The Kier molecular flexibility index (Phi) is 7.44. The van der Waals surface area contributed by atoms with Crippen molar-refractivity contribution in [1.29, 1.82) is 0 Å². The van der Waals surface area contributed by atoms with Crippen molar-refractivity contribution < 1.29 is 13.2 Å². The first kappa shape index (κ1) is 24.1. The van der Waals surface area contributed by atoms with E-state index in [2.05, 4.69) is 10.2 Å². The SMILES string of the molecule is Cc1ccc(S(=O)(=O)N(CC(=O)Nc2ccc(N3CCCCC3)cc2)c2ccccc2Cl)cc1. The van der Waals surface area contributed by atoms with Crippen LogP contribution in [0.1, 0.15) is 24.8 Å². The molecule has 4 rings (SSSR count). The predicted octanol–water partition coefficient (Wildman–Crippen LogP) is 5.47. The Morgan fingerprint density at radius 3 is 2.24 bits per heavy atom. The molecule has 0 unspecified atom stereocenters. The molecule has 1 saturated heterocycles. The average molecular weight is 498 g/mol. The van der Waals surface area contributed by atoms with Gasteiger partial charge in [-0.2, -0.15) is 0 Å². The van der Waals surface area contributed by atoms with Gasteiger partial charge >= 0.3 is 0 Å². The number of anilines is 3. The molecule has 6 nitrogen and oxygen atoms in total. The number of para-hydroxylation sites is 1. The van der Waals surface area contributed by atoms with Crippen molar-refractivity contribution in [3.8, 4) is 0 Å². The number of nitrogens with one attached hydrogen (secondary N) is 1. The summed E-state index contributed by atoms with van der Waals surface area (Å²) in [5.74, 6) is -0.457. The molecule has 1 aliphatic rings. The van der Waals surface area contributed by atoms with Crippen LogP contribution in [0.4, 0.5) is 17.1 Å². The standard InChI is InChI=1S/C26H28ClN3O3S/c1-20-9-15-23(16-10-20)34(32,33)30(25-8-4-3-7-24(25)27)19-26(31)28-21-11-13-22(14-12-21)29-17-5-2-6-18-29/h3-4,7-16H,2,5-6,17-19H2,1H3,(H,28,31). The van der Waals surface area contributed by atoms with E-state index in [-0.39, 0.29) is 15.6 Å². The highest BCUT2D eigenvalue weighted by atomic mass is 35.5. The van der Waals surface area contributed by atoms with Gasteiger partial charge in [0.25, 0.3) is 10.0 Å². The normalized spacial score (nSPS) is 14.0. The van der Waals surface area contributed by atoms with Crippen molar-refractivity contribution in [2.24, 2.45) is 0 Å². The zero-order valence-electron chi connectivity index (χ0n) is 19.1. The molecule has 1 fully saturated rings. The maximum atomic E-state index is 13.5. The van der Waals surface area contributed by atoms with Gasteiger partial charge in [-0.25, -0.2) is 8.42 Å². The van der Waals surface area contributed by atoms with Crippen molar-refractivity contribution >= 4 is 44.6 Å². The molecule has 0 aliphatic carbocycles. The molecule has 1 N–H and O–H groups in total. The van der Waals surface area contributed by atoms with Gasteiger partial charge < -0.3 is 10.2 Å². The highest BCUT2D eigenvalue weighted by Crippen LogP contribution is 2.30. The number of sulfonamides is 1. The van der Waals surface area contributed by atoms with E-state index in [0.717, 1.165) is 28.6 Å². The molecular formula is C26H28ClN3O3S. The maximum absolute atomic E-state index is 13.5. The number of benzene rings is 3. The Morgan fingerprint density at radius 2 is 1.59 bits per heavy atom. The molecule has 3 aromatic rings. The molecule has 0 aromatic heterocycles. The lowest BCUT2D eigenvalue weighted by molar-refractivity contribution is -0.114. The maximum Gasteiger partial charge on any atom is 0.264 e. The van der Waals surface area contributed by atoms with Crippen LogP contribution in [0.2, 0.25) is 5.02 Å². The van der Waals surface area contributed by atoms with Crippen molar-refractivity contribution in [2.75, 3.05) is 34.2 Å². The second kappa shape index (κ2) is 10.5. The van der Waals surface area contributed by atoms with Gasteiger partial charge in [0.15, 0.2) is 0 Å². The number of hydrogen-bond donors (Lipinski definition) is 1. The molecule has 0 atom stereocenters. The molecule has 0 saturated carbocycles. The number of piperidine rings is 1. The van der Waals surface area contributed by atoms with Crippen molar-refractivity contribution in [1.82, 2.24) is 0 Å². The van der Waals surface area contributed by atoms with Crippen molar-refractivity contribution in [2.45, 2.75) is 31.1 Å². The zero-order chi connectivity index (χ0) is 24.1. The van der Waals surface area contributed by atoms with Crippen LogP contribution in [0.3, 0.4) is 0 Å². The number of halogens is 1. The number of carbonyl (C=O) groups excluding carboxylic acids is 1. The van der Waals surface area contributed by atoms with Gasteiger partial charge in [0.1, 0.15) is 6.54 Å². The molecule has 0 radical (unpaired) electrons. The molecule has 1 aliphatic heterocycles. The van der Waals surface area contributed by atoms with E-state index in [1.54, 1.807) is 36.4 Å². The van der Waals surface area contributed by atoms with Crippen molar-refractivity contribution in [3.63, 3.8) is 0 Å². The van der Waals surface area contributed by atoms with Gasteiger partial charge in [0.2, 0.25) is 5.91 Å². The van der Waals surface area contributed by atoms with Gasteiger partial charge in [-0.15, -0.1) is 0 Å². The quantitative estimate of drug-likeness (QED) is 0.469. The Morgan fingerprint density at radius 1 is 0.941 bits per heavy atom. The van der Waals surface area contributed by atoms with Gasteiger partial charge in [-0.05, 0) is 74.7 Å². The van der Waals surface area contributed by atoms with Crippen molar-refractivity contribution in [3.05, 3.63) is 83.4 Å². The van der Waals surface area contributed by atoms with E-state index in [4.69, 9.17) is 11.6 Å². The first-order valence-electron chi connectivity index (χ1n) is 11.3. The Labute approximate surface area is 206 Å². The number of hydrogen-bond acceptors (Lipinski definition) is 4. The van der Waals surface area contributed by atoms with Crippen LogP contribution in [0.5, 0.6) is 0 Å². The van der Waals surface area contributed by atoms with Gasteiger partial charge in [-0.1, -0.05) is 41.4 Å². The second-order valence-electron chi connectivity index (χ2n) is 8.42. The van der Waals surface area contributed by atoms with Gasteiger partial charge in [-0.3, -0.25) is 9.10 Å². The predicted molar refractivity (Wildman–Crippen MR) is 138 cm³/mol. The summed E-state index contributed by atoms with van der Waals surface area (Å²) in [4.78, 5) is 15.4. The smallest absolute Gasteiger partial charge is 0.264 e. The third kappa shape index (κ3) is 5.54. The summed E-state index contributed by atoms with van der Waals surface area (Å²) in [5.41, 5.74) is 2.92. The summed E-state index contributed by atoms with van der Waals surface area (Å²) in [5, 5.41) is 3.06. The molecule has 0 bridgehead atoms. The monoisotopic (exact) mass is 497 g/mol. The fourth-order valence-electron chi connectivity index (χ4n) is 4.03. The number of nitrogens with zero attached hydrogens (tertiary/aromatic N) is 2. The van der Waals surface area contributed by atoms with Gasteiger partial charge in [0.05, 0.1) is 15.6 Å². The number of rotatable bonds is 7. The molecule has 34 heavy (non-hydrogen) atoms. The fraction of sp³-hybridized carbons (Fsp3) is 0.269.